The number of ether oxygens (including phenoxy) is 2. The van der Waals surface area contributed by atoms with Crippen LogP contribution in [0.15, 0.2) is 70.9 Å². The Balaban J connectivity index is 1.88. The average Bonchev–Trinajstić information content (AvgIpc) is 3.41. The van der Waals surface area contributed by atoms with E-state index in [-0.39, 0.29) is 23.4 Å². The molecule has 7 nitrogen and oxygen atoms in total. The van der Waals surface area contributed by atoms with Gasteiger partial charge in [0.25, 0.3) is 11.7 Å². The lowest BCUT2D eigenvalue weighted by Crippen LogP contribution is -2.29. The summed E-state index contributed by atoms with van der Waals surface area (Å²) in [6.45, 7) is 0.00715. The number of ketones is 1. The summed E-state index contributed by atoms with van der Waals surface area (Å²) in [5.74, 6) is -1.90. The van der Waals surface area contributed by atoms with Gasteiger partial charge in [-0.1, -0.05) is 12.1 Å². The highest BCUT2D eigenvalue weighted by Gasteiger charge is 2.46. The molecule has 0 aliphatic carbocycles. The predicted molar refractivity (Wildman–Crippen MR) is 113 cm³/mol. The standard InChI is InChI=1S/C24H20FNO6/c1-30-16-6-3-5-14(11-16)21-20(22(27)15-8-9-19(31-2)18(25)12-15)23(28)24(29)26(21)13-17-7-4-10-32-17/h3-12,21,27H,13H2,1-2H3/t21-/m0/s1. The largest absolute Gasteiger partial charge is 0.507 e. The Labute approximate surface area is 183 Å². The van der Waals surface area contributed by atoms with Crippen LogP contribution in [0.2, 0.25) is 0 Å². The predicted octanol–water partition coefficient (Wildman–Crippen LogP) is 4.06. The maximum Gasteiger partial charge on any atom is 0.296 e. The molecule has 1 amide bonds. The maximum atomic E-state index is 14.3. The summed E-state index contributed by atoms with van der Waals surface area (Å²) in [6, 6.07) is 13.1. The fraction of sp³-hybridized carbons (Fsp3) is 0.167. The van der Waals surface area contributed by atoms with Crippen molar-refractivity contribution in [3.05, 3.63) is 89.1 Å². The van der Waals surface area contributed by atoms with E-state index in [0.717, 1.165) is 6.07 Å². The quantitative estimate of drug-likeness (QED) is 0.355. The van der Waals surface area contributed by atoms with Crippen LogP contribution in [-0.2, 0) is 16.1 Å². The van der Waals surface area contributed by atoms with Gasteiger partial charge in [-0.3, -0.25) is 9.59 Å². The first-order valence-corrected chi connectivity index (χ1v) is 9.73. The average molecular weight is 437 g/mol. The molecule has 1 saturated heterocycles. The van der Waals surface area contributed by atoms with Crippen LogP contribution in [0.3, 0.4) is 0 Å². The Kier molecular flexibility index (Phi) is 5.68. The van der Waals surface area contributed by atoms with Crippen molar-refractivity contribution in [2.75, 3.05) is 14.2 Å². The highest BCUT2D eigenvalue weighted by molar-refractivity contribution is 6.46. The highest BCUT2D eigenvalue weighted by Crippen LogP contribution is 2.41. The Morgan fingerprint density at radius 1 is 1.09 bits per heavy atom. The van der Waals surface area contributed by atoms with E-state index in [1.54, 1.807) is 36.4 Å². The van der Waals surface area contributed by atoms with Crippen LogP contribution in [-0.4, -0.2) is 35.9 Å². The zero-order chi connectivity index (χ0) is 22.8. The second-order valence-corrected chi connectivity index (χ2v) is 7.13. The normalized spacial score (nSPS) is 17.6. The zero-order valence-corrected chi connectivity index (χ0v) is 17.4. The molecule has 0 bridgehead atoms. The molecule has 2 heterocycles. The lowest BCUT2D eigenvalue weighted by molar-refractivity contribution is -0.140. The van der Waals surface area contributed by atoms with E-state index >= 15 is 0 Å². The number of hydrogen-bond acceptors (Lipinski definition) is 6. The van der Waals surface area contributed by atoms with Gasteiger partial charge in [0.05, 0.1) is 38.6 Å². The van der Waals surface area contributed by atoms with Gasteiger partial charge in [0.1, 0.15) is 17.3 Å². The number of aliphatic hydroxyl groups excluding tert-OH is 1. The number of carbonyl (C=O) groups is 2. The second kappa shape index (κ2) is 8.58. The van der Waals surface area contributed by atoms with Gasteiger partial charge in [-0.05, 0) is 48.0 Å². The van der Waals surface area contributed by atoms with Crippen LogP contribution >= 0.6 is 0 Å². The van der Waals surface area contributed by atoms with E-state index in [0.29, 0.717) is 17.1 Å². The molecular weight excluding hydrogens is 417 g/mol. The van der Waals surface area contributed by atoms with Gasteiger partial charge < -0.3 is 23.9 Å². The lowest BCUT2D eigenvalue weighted by Gasteiger charge is -2.24. The minimum absolute atomic E-state index is 0.00715. The van der Waals surface area contributed by atoms with Gasteiger partial charge in [-0.2, -0.15) is 0 Å². The van der Waals surface area contributed by atoms with Crippen molar-refractivity contribution >= 4 is 17.4 Å². The van der Waals surface area contributed by atoms with E-state index in [4.69, 9.17) is 13.9 Å². The van der Waals surface area contributed by atoms with Gasteiger partial charge in [0, 0.05) is 5.56 Å². The molecule has 3 aromatic rings. The van der Waals surface area contributed by atoms with Crippen LogP contribution in [0.4, 0.5) is 4.39 Å². The maximum absolute atomic E-state index is 14.3. The Morgan fingerprint density at radius 3 is 2.56 bits per heavy atom. The molecule has 1 atom stereocenters. The van der Waals surface area contributed by atoms with E-state index in [1.807, 2.05) is 0 Å². The first-order chi connectivity index (χ1) is 15.4. The molecule has 1 aromatic heterocycles. The minimum Gasteiger partial charge on any atom is -0.507 e. The third-order valence-corrected chi connectivity index (χ3v) is 5.28. The number of carbonyl (C=O) groups excluding carboxylic acids is 2. The van der Waals surface area contributed by atoms with Crippen LogP contribution in [0.5, 0.6) is 11.5 Å². The summed E-state index contributed by atoms with van der Waals surface area (Å²) in [5, 5.41) is 11.0. The summed E-state index contributed by atoms with van der Waals surface area (Å²) in [4.78, 5) is 27.3. The van der Waals surface area contributed by atoms with Crippen molar-refractivity contribution in [1.29, 1.82) is 0 Å². The molecule has 1 aliphatic heterocycles. The van der Waals surface area contributed by atoms with Gasteiger partial charge in [0.2, 0.25) is 0 Å². The number of hydrogen-bond donors (Lipinski definition) is 1. The van der Waals surface area contributed by atoms with Gasteiger partial charge in [-0.25, -0.2) is 4.39 Å². The number of Topliss-reactive ketones (excluding diaryl/α,β-unsaturated/α-hetero) is 1. The molecule has 4 rings (SSSR count). The van der Waals surface area contributed by atoms with E-state index in [9.17, 15) is 19.1 Å². The number of furan rings is 1. The van der Waals surface area contributed by atoms with Crippen molar-refractivity contribution in [3.8, 4) is 11.5 Å². The summed E-state index contributed by atoms with van der Waals surface area (Å²) >= 11 is 0. The molecule has 0 radical (unpaired) electrons. The number of halogens is 1. The SMILES string of the molecule is COc1cccc([C@H]2C(=C(O)c3ccc(OC)c(F)c3)C(=O)C(=O)N2Cc2ccco2)c1. The van der Waals surface area contributed by atoms with Crippen LogP contribution < -0.4 is 9.47 Å². The molecule has 1 N–H and O–H groups in total. The van der Waals surface area contributed by atoms with Crippen LogP contribution in [0.1, 0.15) is 22.9 Å². The molecular formula is C24H20FNO6. The number of amides is 1. The molecule has 164 valence electrons. The monoisotopic (exact) mass is 437 g/mol. The van der Waals surface area contributed by atoms with Gasteiger partial charge >= 0.3 is 0 Å². The number of nitrogens with zero attached hydrogens (tertiary/aromatic N) is 1. The number of methoxy groups -OCH3 is 2. The molecule has 0 spiro atoms. The van der Waals surface area contributed by atoms with Crippen molar-refractivity contribution in [3.63, 3.8) is 0 Å². The summed E-state index contributed by atoms with van der Waals surface area (Å²) < 4.78 is 29.8. The molecule has 1 aliphatic rings. The number of aliphatic hydroxyl groups is 1. The first-order valence-electron chi connectivity index (χ1n) is 9.73. The van der Waals surface area contributed by atoms with Crippen LogP contribution in [0, 0.1) is 5.82 Å². The molecule has 0 saturated carbocycles. The summed E-state index contributed by atoms with van der Waals surface area (Å²) in [5.41, 5.74) is 0.442. The van der Waals surface area contributed by atoms with Gasteiger partial charge in [0.15, 0.2) is 11.6 Å². The minimum atomic E-state index is -0.930. The van der Waals surface area contributed by atoms with Crippen LogP contribution in [0.25, 0.3) is 5.76 Å². The van der Waals surface area contributed by atoms with Crippen molar-refractivity contribution in [2.24, 2.45) is 0 Å². The molecule has 0 unspecified atom stereocenters. The second-order valence-electron chi connectivity index (χ2n) is 7.13. The zero-order valence-electron chi connectivity index (χ0n) is 17.4. The molecule has 2 aromatic carbocycles. The van der Waals surface area contributed by atoms with Crippen molar-refractivity contribution < 1.29 is 33.0 Å². The first kappa shape index (κ1) is 21.2. The number of likely N-dealkylation sites (tertiary alicyclic amines) is 1. The lowest BCUT2D eigenvalue weighted by atomic mass is 9.95. The fourth-order valence-corrected chi connectivity index (χ4v) is 3.74. The molecule has 1 fully saturated rings. The molecule has 32 heavy (non-hydrogen) atoms. The van der Waals surface area contributed by atoms with E-state index in [2.05, 4.69) is 0 Å². The van der Waals surface area contributed by atoms with Gasteiger partial charge in [-0.15, -0.1) is 0 Å². The summed E-state index contributed by atoms with van der Waals surface area (Å²) in [7, 11) is 2.82. The third-order valence-electron chi connectivity index (χ3n) is 5.28. The van der Waals surface area contributed by atoms with E-state index in [1.165, 1.54) is 37.5 Å². The number of rotatable bonds is 6. The van der Waals surface area contributed by atoms with Crippen molar-refractivity contribution in [1.82, 2.24) is 4.90 Å². The van der Waals surface area contributed by atoms with Crippen molar-refractivity contribution in [2.45, 2.75) is 12.6 Å². The Morgan fingerprint density at radius 2 is 1.91 bits per heavy atom. The molecule has 8 heteroatoms. The Bertz CT molecular complexity index is 1200. The smallest absolute Gasteiger partial charge is 0.296 e. The number of benzene rings is 2. The highest BCUT2D eigenvalue weighted by atomic mass is 19.1. The topological polar surface area (TPSA) is 89.2 Å². The summed E-state index contributed by atoms with van der Waals surface area (Å²) in [6.07, 6.45) is 1.46. The van der Waals surface area contributed by atoms with E-state index < -0.39 is 29.3 Å². The fourth-order valence-electron chi connectivity index (χ4n) is 3.74. The third kappa shape index (κ3) is 3.71. The Hall–Kier alpha value is -4.07.